The number of hydrogen-bond acceptors (Lipinski definition) is 4. The lowest BCUT2D eigenvalue weighted by atomic mass is 9.53. The largest absolute Gasteiger partial charge is 0.456 e. The Labute approximate surface area is 525 Å². The molecular formula is C85H66N2OS. The molecule has 1 aliphatic heterocycles. The maximum atomic E-state index is 7.61. The van der Waals surface area contributed by atoms with Crippen molar-refractivity contribution in [2.24, 2.45) is 17.8 Å². The van der Waals surface area contributed by atoms with E-state index in [1.54, 1.807) is 0 Å². The van der Waals surface area contributed by atoms with Crippen LogP contribution in [0.4, 0.5) is 34.1 Å². The van der Waals surface area contributed by atoms with Gasteiger partial charge in [-0.15, -0.1) is 11.3 Å². The molecule has 13 aromatic rings. The molecule has 2 atom stereocenters. The van der Waals surface area contributed by atoms with Crippen molar-refractivity contribution in [3.8, 4) is 33.8 Å². The lowest BCUT2D eigenvalue weighted by Gasteiger charge is -2.52. The van der Waals surface area contributed by atoms with Gasteiger partial charge >= 0.3 is 0 Å². The van der Waals surface area contributed by atoms with Crippen molar-refractivity contribution < 1.29 is 4.74 Å². The minimum Gasteiger partial charge on any atom is -0.456 e. The second-order valence-electron chi connectivity index (χ2n) is 26.3. The molecule has 89 heavy (non-hydrogen) atoms. The average molecular weight is 1160 g/mol. The van der Waals surface area contributed by atoms with Crippen LogP contribution in [0.25, 0.3) is 42.4 Å². The normalized spacial score (nSPS) is 19.3. The van der Waals surface area contributed by atoms with Crippen LogP contribution in [0.3, 0.4) is 0 Å². The first-order valence-corrected chi connectivity index (χ1v) is 32.9. The van der Waals surface area contributed by atoms with Crippen LogP contribution < -0.4 is 14.5 Å². The summed E-state index contributed by atoms with van der Waals surface area (Å²) in [6.07, 6.45) is 6.09. The summed E-state index contributed by atoms with van der Waals surface area (Å²) >= 11 is 1.89. The highest BCUT2D eigenvalue weighted by Gasteiger charge is 2.55. The van der Waals surface area contributed by atoms with Gasteiger partial charge in [0.2, 0.25) is 0 Å². The number of thiophene rings is 1. The van der Waals surface area contributed by atoms with E-state index in [9.17, 15) is 0 Å². The highest BCUT2D eigenvalue weighted by Crippen LogP contribution is 2.67. The lowest BCUT2D eigenvalue weighted by molar-refractivity contribution is 0.0763. The molecule has 0 saturated heterocycles. The molecule has 0 N–H and O–H groups in total. The van der Waals surface area contributed by atoms with Crippen molar-refractivity contribution in [2.45, 2.75) is 62.2 Å². The molecule has 12 aromatic carbocycles. The van der Waals surface area contributed by atoms with Gasteiger partial charge in [0.05, 0.1) is 10.8 Å². The van der Waals surface area contributed by atoms with Crippen molar-refractivity contribution in [3.63, 3.8) is 0 Å². The summed E-state index contributed by atoms with van der Waals surface area (Å²) in [5.41, 5.74) is 22.3. The third-order valence-corrected chi connectivity index (χ3v) is 22.2. The molecule has 3 nitrogen and oxygen atoms in total. The van der Waals surface area contributed by atoms with E-state index in [1.807, 2.05) is 11.3 Å². The van der Waals surface area contributed by atoms with Crippen molar-refractivity contribution in [3.05, 3.63) is 335 Å². The van der Waals surface area contributed by atoms with Crippen molar-refractivity contribution in [1.82, 2.24) is 0 Å². The van der Waals surface area contributed by atoms with Gasteiger partial charge in [-0.25, -0.2) is 0 Å². The van der Waals surface area contributed by atoms with Crippen LogP contribution in [0.5, 0.6) is 11.5 Å². The zero-order valence-electron chi connectivity index (χ0n) is 50.1. The molecule has 2 unspecified atom stereocenters. The second-order valence-corrected chi connectivity index (χ2v) is 27.4. The molecular weight excluding hydrogens is 1100 g/mol. The number of para-hydroxylation sites is 3. The zero-order chi connectivity index (χ0) is 59.0. The Bertz CT molecular complexity index is 4840. The van der Waals surface area contributed by atoms with E-state index >= 15 is 0 Å². The van der Waals surface area contributed by atoms with Crippen molar-refractivity contribution in [1.29, 1.82) is 0 Å². The third-order valence-electron chi connectivity index (χ3n) is 21.1. The van der Waals surface area contributed by atoms with Gasteiger partial charge < -0.3 is 14.5 Å². The Balaban J connectivity index is 0.817. The Kier molecular flexibility index (Phi) is 11.9. The van der Waals surface area contributed by atoms with Crippen LogP contribution in [0.15, 0.2) is 285 Å². The predicted molar refractivity (Wildman–Crippen MR) is 370 cm³/mol. The number of hydrogen-bond donors (Lipinski definition) is 0. The van der Waals surface area contributed by atoms with Crippen LogP contribution in [-0.4, -0.2) is 0 Å². The minimum absolute atomic E-state index is 0.0493. The van der Waals surface area contributed by atoms with E-state index in [0.717, 1.165) is 52.8 Å². The Morgan fingerprint density at radius 2 is 0.764 bits per heavy atom. The fourth-order valence-electron chi connectivity index (χ4n) is 18.2. The smallest absolute Gasteiger partial charge is 0.136 e. The third kappa shape index (κ3) is 7.75. The molecule has 2 fully saturated rings. The monoisotopic (exact) mass is 1160 g/mol. The van der Waals surface area contributed by atoms with Crippen molar-refractivity contribution >= 4 is 65.6 Å². The van der Waals surface area contributed by atoms with Crippen LogP contribution >= 0.6 is 11.3 Å². The Morgan fingerprint density at radius 3 is 1.31 bits per heavy atom. The Hall–Kier alpha value is -9.74. The number of ether oxygens (including phenoxy) is 1. The van der Waals surface area contributed by atoms with E-state index in [0.29, 0.717) is 17.8 Å². The van der Waals surface area contributed by atoms with E-state index in [1.165, 1.54) is 117 Å². The molecule has 18 rings (SSSR count). The molecule has 2 bridgehead atoms. The molecule has 1 spiro atoms. The van der Waals surface area contributed by atoms with Crippen LogP contribution in [0, 0.1) is 17.8 Å². The molecule has 428 valence electrons. The van der Waals surface area contributed by atoms with Crippen LogP contribution in [-0.2, 0) is 16.2 Å². The number of benzene rings is 12. The summed E-state index contributed by atoms with van der Waals surface area (Å²) in [5, 5.41) is 2.52. The van der Waals surface area contributed by atoms with Gasteiger partial charge in [0, 0.05) is 71.0 Å². The van der Waals surface area contributed by atoms with Gasteiger partial charge in [-0.2, -0.15) is 0 Å². The summed E-state index contributed by atoms with van der Waals surface area (Å²) in [5.74, 6) is 3.93. The highest BCUT2D eigenvalue weighted by molar-refractivity contribution is 7.25. The fourth-order valence-corrected chi connectivity index (χ4v) is 19.3. The van der Waals surface area contributed by atoms with E-state index in [4.69, 9.17) is 4.74 Å². The van der Waals surface area contributed by atoms with Crippen molar-refractivity contribution in [2.75, 3.05) is 9.80 Å². The molecule has 1 aromatic heterocycles. The second kappa shape index (κ2) is 20.2. The predicted octanol–water partition coefficient (Wildman–Crippen LogP) is 22.9. The molecule has 4 heteroatoms. The molecule has 0 radical (unpaired) electrons. The van der Waals surface area contributed by atoms with Gasteiger partial charge in [0.25, 0.3) is 0 Å². The first-order chi connectivity index (χ1) is 43.9. The maximum absolute atomic E-state index is 7.61. The maximum Gasteiger partial charge on any atom is 0.136 e. The fraction of sp³-hybridized carbons (Fsp3) is 0.153. The zero-order valence-corrected chi connectivity index (χ0v) is 50.9. The average Bonchev–Trinajstić information content (AvgIpc) is 1.66. The minimum atomic E-state index is -0.611. The molecule has 2 heterocycles. The first-order valence-electron chi connectivity index (χ1n) is 32.1. The quantitative estimate of drug-likeness (QED) is 0.143. The summed E-state index contributed by atoms with van der Waals surface area (Å²) in [6.45, 7) is 5.03. The number of anilines is 6. The van der Waals surface area contributed by atoms with E-state index in [2.05, 4.69) is 309 Å². The summed E-state index contributed by atoms with van der Waals surface area (Å²) in [4.78, 5) is 5.01. The first kappa shape index (κ1) is 52.4. The Morgan fingerprint density at radius 1 is 0.337 bits per heavy atom. The topological polar surface area (TPSA) is 15.7 Å². The van der Waals surface area contributed by atoms with Crippen LogP contribution in [0.2, 0.25) is 0 Å². The summed E-state index contributed by atoms with van der Waals surface area (Å²) < 4.78 is 10.1. The SMILES string of the molecule is CC1CC2CC(C)CC(c3cc(N(c4ccccc4)c4ccc5c(c4)sc4cc(N(c6ccccc6)c6cccc(C7(c8ccccc8)c8ccccc8-c8ccccc87)c6)ccc45)cc4c3Oc3ccccc3C43c4ccccc4-c4ccccc43)(C1)C2. The van der Waals surface area contributed by atoms with Gasteiger partial charge in [-0.1, -0.05) is 220 Å². The molecule has 4 aliphatic carbocycles. The highest BCUT2D eigenvalue weighted by atomic mass is 32.1. The van der Waals surface area contributed by atoms with Gasteiger partial charge in [-0.05, 0) is 190 Å². The van der Waals surface area contributed by atoms with Gasteiger partial charge in [-0.3, -0.25) is 0 Å². The molecule has 5 aliphatic rings. The number of nitrogens with zero attached hydrogens (tertiary/aromatic N) is 2. The molecule has 0 amide bonds. The van der Waals surface area contributed by atoms with E-state index < -0.39 is 10.8 Å². The van der Waals surface area contributed by atoms with E-state index in [-0.39, 0.29) is 5.41 Å². The number of fused-ring (bicyclic) bond motifs is 17. The van der Waals surface area contributed by atoms with Gasteiger partial charge in [0.15, 0.2) is 0 Å². The van der Waals surface area contributed by atoms with Gasteiger partial charge in [0.1, 0.15) is 11.5 Å². The van der Waals surface area contributed by atoms with Crippen LogP contribution in [0.1, 0.15) is 96.0 Å². The summed E-state index contributed by atoms with van der Waals surface area (Å²) in [7, 11) is 0. The lowest BCUT2D eigenvalue weighted by Crippen LogP contribution is -2.43. The standard InChI is InChI=1S/C85H66N2OS/c1-55-45-57-46-56(2)53-83(52-55,54-57)77-48-65(49-78-82(77)88-79-40-21-20-39-76(79)85(78)74-37-18-14-33-68(74)69-34-15-19-38-75(69)85)87(61-28-10-5-11-29-61)64-42-44-71-70-43-41-63(50-80(70)89-81(71)51-64)86(60-26-8-4-9-27-60)62-30-22-25-59(47-62)84(58-23-6-3-7-24-58)72-35-16-12-31-66(72)67-32-13-17-36-73(67)84/h3-44,47-51,55-57H,45-46,52-54H2,1-2H3. The number of rotatable bonds is 9. The molecule has 2 saturated carbocycles. The summed E-state index contributed by atoms with van der Waals surface area (Å²) in [6, 6.07) is 107.